The van der Waals surface area contributed by atoms with Gasteiger partial charge in [0, 0.05) is 30.0 Å². The number of hydrogen-bond donors (Lipinski definition) is 0. The highest BCUT2D eigenvalue weighted by Gasteiger charge is 2.28. The predicted octanol–water partition coefficient (Wildman–Crippen LogP) is 2.17. The first kappa shape index (κ1) is 12.0. The lowest BCUT2D eigenvalue weighted by molar-refractivity contribution is -0.138. The smallest absolute Gasteiger partial charge is 0.229 e. The Balaban J connectivity index is 2.07. The van der Waals surface area contributed by atoms with Gasteiger partial charge in [0.1, 0.15) is 5.82 Å². The second-order valence-electron chi connectivity index (χ2n) is 3.89. The summed E-state index contributed by atoms with van der Waals surface area (Å²) in [5.74, 6) is -0.790. The van der Waals surface area contributed by atoms with E-state index in [1.54, 1.807) is 6.07 Å². The number of rotatable bonds is 3. The average Bonchev–Trinajstić information content (AvgIpc) is 2.59. The lowest BCUT2D eigenvalue weighted by Crippen LogP contribution is -2.31. The van der Waals surface area contributed by atoms with Gasteiger partial charge in [0.15, 0.2) is 0 Å². The minimum atomic E-state index is -0.406. The van der Waals surface area contributed by atoms with Crippen LogP contribution in [0.4, 0.5) is 4.39 Å². The normalized spacial score (nSPS) is 15.8. The Labute approximate surface area is 103 Å². The van der Waals surface area contributed by atoms with E-state index in [0.29, 0.717) is 10.6 Å². The van der Waals surface area contributed by atoms with Crippen molar-refractivity contribution in [2.24, 2.45) is 0 Å². The summed E-state index contributed by atoms with van der Waals surface area (Å²) in [6.07, 6.45) is 0.761. The molecule has 1 aliphatic rings. The highest BCUT2D eigenvalue weighted by molar-refractivity contribution is 6.31. The molecule has 90 valence electrons. The van der Waals surface area contributed by atoms with Gasteiger partial charge in [-0.15, -0.1) is 0 Å². The number of benzene rings is 1. The Kier molecular flexibility index (Phi) is 3.43. The Bertz CT molecular complexity index is 439. The number of nitrogens with zero attached hydrogens (tertiary/aromatic N) is 1. The van der Waals surface area contributed by atoms with Crippen molar-refractivity contribution >= 4 is 23.4 Å². The minimum absolute atomic E-state index is 0.192. The lowest BCUT2D eigenvalue weighted by Gasteiger charge is -2.14. The van der Waals surface area contributed by atoms with Crippen molar-refractivity contribution in [1.82, 2.24) is 4.90 Å². The van der Waals surface area contributed by atoms with Crippen LogP contribution in [0.5, 0.6) is 0 Å². The second-order valence-corrected chi connectivity index (χ2v) is 4.30. The molecule has 0 saturated carbocycles. The molecule has 2 rings (SSSR count). The molecule has 0 atom stereocenters. The van der Waals surface area contributed by atoms with Gasteiger partial charge in [0.05, 0.1) is 0 Å². The molecule has 5 heteroatoms. The predicted molar refractivity (Wildman–Crippen MR) is 61.1 cm³/mol. The first-order chi connectivity index (χ1) is 8.09. The Morgan fingerprint density at radius 3 is 2.47 bits per heavy atom. The molecule has 0 spiro atoms. The van der Waals surface area contributed by atoms with Gasteiger partial charge in [-0.25, -0.2) is 4.39 Å². The molecular weight excluding hydrogens is 245 g/mol. The number of carbonyl (C=O) groups excluding carboxylic acids is 2. The fourth-order valence-corrected chi connectivity index (χ4v) is 2.12. The topological polar surface area (TPSA) is 37.4 Å². The van der Waals surface area contributed by atoms with Crippen molar-refractivity contribution in [3.8, 4) is 0 Å². The van der Waals surface area contributed by atoms with Gasteiger partial charge < -0.3 is 0 Å². The molecule has 1 fully saturated rings. The van der Waals surface area contributed by atoms with E-state index in [0.717, 1.165) is 0 Å². The van der Waals surface area contributed by atoms with Crippen LogP contribution in [-0.2, 0) is 16.0 Å². The van der Waals surface area contributed by atoms with E-state index in [1.165, 1.54) is 17.0 Å². The maximum Gasteiger partial charge on any atom is 0.229 e. The highest BCUT2D eigenvalue weighted by Crippen LogP contribution is 2.21. The van der Waals surface area contributed by atoms with Crippen molar-refractivity contribution < 1.29 is 14.0 Å². The maximum absolute atomic E-state index is 13.4. The zero-order chi connectivity index (χ0) is 12.4. The fraction of sp³-hybridized carbons (Fsp3) is 0.333. The van der Waals surface area contributed by atoms with Crippen LogP contribution >= 0.6 is 11.6 Å². The third kappa shape index (κ3) is 2.47. The summed E-state index contributed by atoms with van der Waals surface area (Å²) < 4.78 is 13.4. The summed E-state index contributed by atoms with van der Waals surface area (Å²) in [5.41, 5.74) is 0.349. The van der Waals surface area contributed by atoms with Gasteiger partial charge in [-0.3, -0.25) is 14.5 Å². The van der Waals surface area contributed by atoms with Gasteiger partial charge in [0.25, 0.3) is 0 Å². The van der Waals surface area contributed by atoms with Crippen molar-refractivity contribution in [2.45, 2.75) is 19.3 Å². The molecule has 0 aliphatic carbocycles. The SMILES string of the molecule is O=C1CCC(=O)N1CCc1c(F)cccc1Cl. The lowest BCUT2D eigenvalue weighted by atomic mass is 10.1. The number of amides is 2. The molecule has 1 aromatic rings. The molecule has 0 aromatic heterocycles. The molecule has 17 heavy (non-hydrogen) atoms. The zero-order valence-electron chi connectivity index (χ0n) is 9.08. The number of imide groups is 1. The van der Waals surface area contributed by atoms with E-state index in [-0.39, 0.29) is 37.6 Å². The molecule has 0 bridgehead atoms. The highest BCUT2D eigenvalue weighted by atomic mass is 35.5. The van der Waals surface area contributed by atoms with E-state index in [9.17, 15) is 14.0 Å². The summed E-state index contributed by atoms with van der Waals surface area (Å²) in [7, 11) is 0. The van der Waals surface area contributed by atoms with Crippen molar-refractivity contribution in [3.05, 3.63) is 34.6 Å². The maximum atomic E-state index is 13.4. The Morgan fingerprint density at radius 2 is 1.88 bits per heavy atom. The number of halogens is 2. The van der Waals surface area contributed by atoms with Gasteiger partial charge in [0.2, 0.25) is 11.8 Å². The number of hydrogen-bond acceptors (Lipinski definition) is 2. The summed E-state index contributed by atoms with van der Waals surface area (Å²) in [5, 5.41) is 0.323. The summed E-state index contributed by atoms with van der Waals surface area (Å²) in [4.78, 5) is 23.9. The third-order valence-electron chi connectivity index (χ3n) is 2.80. The van der Waals surface area contributed by atoms with E-state index in [4.69, 9.17) is 11.6 Å². The van der Waals surface area contributed by atoms with E-state index in [2.05, 4.69) is 0 Å². The van der Waals surface area contributed by atoms with Crippen LogP contribution < -0.4 is 0 Å². The fourth-order valence-electron chi connectivity index (χ4n) is 1.87. The molecule has 0 unspecified atom stereocenters. The molecule has 2 amide bonds. The van der Waals surface area contributed by atoms with E-state index >= 15 is 0 Å². The second kappa shape index (κ2) is 4.84. The van der Waals surface area contributed by atoms with Crippen LogP contribution in [0.25, 0.3) is 0 Å². The largest absolute Gasteiger partial charge is 0.282 e. The van der Waals surface area contributed by atoms with Gasteiger partial charge >= 0.3 is 0 Å². The van der Waals surface area contributed by atoms with Crippen LogP contribution in [0.15, 0.2) is 18.2 Å². The summed E-state index contributed by atoms with van der Waals surface area (Å²) in [6, 6.07) is 4.43. The quantitative estimate of drug-likeness (QED) is 0.777. The summed E-state index contributed by atoms with van der Waals surface area (Å²) in [6.45, 7) is 0.193. The minimum Gasteiger partial charge on any atom is -0.282 e. The molecule has 1 saturated heterocycles. The standard InChI is InChI=1S/C12H11ClFNO2/c13-9-2-1-3-10(14)8(9)6-7-15-11(16)4-5-12(15)17/h1-3H,4-7H2. The van der Waals surface area contributed by atoms with Crippen molar-refractivity contribution in [3.63, 3.8) is 0 Å². The van der Waals surface area contributed by atoms with Crippen LogP contribution in [-0.4, -0.2) is 23.3 Å². The third-order valence-corrected chi connectivity index (χ3v) is 3.16. The number of carbonyl (C=O) groups is 2. The molecule has 1 heterocycles. The monoisotopic (exact) mass is 255 g/mol. The zero-order valence-corrected chi connectivity index (χ0v) is 9.84. The van der Waals surface area contributed by atoms with Crippen LogP contribution in [0, 0.1) is 5.82 Å². The molecule has 3 nitrogen and oxygen atoms in total. The molecule has 1 aromatic carbocycles. The number of likely N-dealkylation sites (tertiary alicyclic amines) is 1. The Hall–Kier alpha value is -1.42. The molecular formula is C12H11ClFNO2. The van der Waals surface area contributed by atoms with Gasteiger partial charge in [-0.2, -0.15) is 0 Å². The molecule has 0 radical (unpaired) electrons. The molecule has 0 N–H and O–H groups in total. The van der Waals surface area contributed by atoms with Gasteiger partial charge in [-0.05, 0) is 18.6 Å². The van der Waals surface area contributed by atoms with E-state index in [1.807, 2.05) is 0 Å². The van der Waals surface area contributed by atoms with Crippen LogP contribution in [0.2, 0.25) is 5.02 Å². The van der Waals surface area contributed by atoms with Gasteiger partial charge in [-0.1, -0.05) is 17.7 Å². The van der Waals surface area contributed by atoms with Crippen molar-refractivity contribution in [1.29, 1.82) is 0 Å². The van der Waals surface area contributed by atoms with Crippen LogP contribution in [0.1, 0.15) is 18.4 Å². The average molecular weight is 256 g/mol. The first-order valence-electron chi connectivity index (χ1n) is 5.35. The summed E-state index contributed by atoms with van der Waals surface area (Å²) >= 11 is 5.86. The van der Waals surface area contributed by atoms with Crippen molar-refractivity contribution in [2.75, 3.05) is 6.54 Å². The Morgan fingerprint density at radius 1 is 1.24 bits per heavy atom. The van der Waals surface area contributed by atoms with Crippen LogP contribution in [0.3, 0.4) is 0 Å². The first-order valence-corrected chi connectivity index (χ1v) is 5.73. The molecule has 1 aliphatic heterocycles. The van der Waals surface area contributed by atoms with E-state index < -0.39 is 5.82 Å².